The first kappa shape index (κ1) is 23.5. The van der Waals surface area contributed by atoms with Gasteiger partial charge >= 0.3 is 0 Å². The molecule has 33 heavy (non-hydrogen) atoms. The number of anilines is 1. The van der Waals surface area contributed by atoms with Gasteiger partial charge in [0.25, 0.3) is 0 Å². The van der Waals surface area contributed by atoms with Crippen LogP contribution in [0.25, 0.3) is 11.2 Å². The summed E-state index contributed by atoms with van der Waals surface area (Å²) in [5.41, 5.74) is 5.62. The highest BCUT2D eigenvalue weighted by molar-refractivity contribution is 6.74. The third-order valence-corrected chi connectivity index (χ3v) is 11.3. The highest BCUT2D eigenvalue weighted by Crippen LogP contribution is 2.42. The minimum absolute atomic E-state index is 0.00248. The Labute approximate surface area is 194 Å². The summed E-state index contributed by atoms with van der Waals surface area (Å²) in [4.78, 5) is 26.5. The summed E-state index contributed by atoms with van der Waals surface area (Å²) in [5, 5.41) is 11.0. The number of nitrogen functional groups attached to an aromatic ring is 1. The number of hydrogen-bond acceptors (Lipinski definition) is 8. The van der Waals surface area contributed by atoms with Crippen LogP contribution >= 0.6 is 0 Å². The number of aromatic nitrogens is 4. The van der Waals surface area contributed by atoms with Gasteiger partial charge in [0.2, 0.25) is 11.5 Å². The lowest BCUT2D eigenvalue weighted by molar-refractivity contribution is -0.0882. The van der Waals surface area contributed by atoms with E-state index in [-0.39, 0.29) is 29.7 Å². The van der Waals surface area contributed by atoms with Gasteiger partial charge in [0.15, 0.2) is 19.8 Å². The van der Waals surface area contributed by atoms with Gasteiger partial charge in [-0.3, -0.25) is 9.36 Å². The molecular formula is C23H31N5O4Si. The number of benzene rings is 1. The molecule has 176 valence electrons. The second-order valence-corrected chi connectivity index (χ2v) is 14.8. The molecule has 3 atom stereocenters. The molecule has 3 heterocycles. The van der Waals surface area contributed by atoms with Crippen molar-refractivity contribution in [3.8, 4) is 0 Å². The summed E-state index contributed by atoms with van der Waals surface area (Å²) < 4.78 is 14.3. The van der Waals surface area contributed by atoms with Crippen molar-refractivity contribution in [2.24, 2.45) is 0 Å². The molecule has 0 radical (unpaired) electrons. The van der Waals surface area contributed by atoms with Crippen molar-refractivity contribution in [2.45, 2.75) is 63.3 Å². The van der Waals surface area contributed by atoms with Gasteiger partial charge in [0, 0.05) is 12.0 Å². The van der Waals surface area contributed by atoms with Crippen molar-refractivity contribution >= 4 is 31.1 Å². The molecule has 2 aromatic heterocycles. The fourth-order valence-corrected chi connectivity index (χ4v) is 4.80. The van der Waals surface area contributed by atoms with Crippen LogP contribution in [0.3, 0.4) is 0 Å². The topological polar surface area (TPSA) is 125 Å². The highest BCUT2D eigenvalue weighted by atomic mass is 28.4. The summed E-state index contributed by atoms with van der Waals surface area (Å²) in [6.07, 6.45) is 1.21. The molecule has 1 aromatic carbocycles. The SMILES string of the molecule is CC(C)(C)[Si](C)(C)OC[C@H]1O[C@@](C(=O)c2ccccc2)(n2cnc3c(N)ncnc32)C[C@@H]1O. The summed E-state index contributed by atoms with van der Waals surface area (Å²) in [7, 11) is -2.09. The van der Waals surface area contributed by atoms with Gasteiger partial charge in [0.05, 0.1) is 19.0 Å². The number of imidazole rings is 1. The number of aliphatic hydroxyl groups is 1. The molecule has 3 N–H and O–H groups in total. The van der Waals surface area contributed by atoms with Crippen LogP contribution < -0.4 is 5.73 Å². The Morgan fingerprint density at radius 2 is 1.97 bits per heavy atom. The van der Waals surface area contributed by atoms with E-state index in [2.05, 4.69) is 48.8 Å². The number of carbonyl (C=O) groups is 1. The van der Waals surface area contributed by atoms with Crippen LogP contribution in [0.5, 0.6) is 0 Å². The number of hydrogen-bond donors (Lipinski definition) is 2. The number of Topliss-reactive ketones (excluding diaryl/α,β-unsaturated/α-hetero) is 1. The van der Waals surface area contributed by atoms with Crippen molar-refractivity contribution in [3.05, 3.63) is 48.5 Å². The lowest BCUT2D eigenvalue weighted by atomic mass is 9.96. The first-order chi connectivity index (χ1) is 15.5. The zero-order valence-electron chi connectivity index (χ0n) is 19.6. The van der Waals surface area contributed by atoms with Crippen molar-refractivity contribution in [1.29, 1.82) is 0 Å². The van der Waals surface area contributed by atoms with Gasteiger partial charge in [-0.1, -0.05) is 51.1 Å². The number of rotatable bonds is 6. The second kappa shape index (κ2) is 8.28. The van der Waals surface area contributed by atoms with E-state index < -0.39 is 26.3 Å². The van der Waals surface area contributed by atoms with Crippen LogP contribution in [0.2, 0.25) is 18.1 Å². The summed E-state index contributed by atoms with van der Waals surface area (Å²) in [6, 6.07) is 8.86. The summed E-state index contributed by atoms with van der Waals surface area (Å²) >= 11 is 0. The van der Waals surface area contributed by atoms with Crippen LogP contribution in [0.15, 0.2) is 43.0 Å². The van der Waals surface area contributed by atoms with Crippen molar-refractivity contribution in [1.82, 2.24) is 19.5 Å². The van der Waals surface area contributed by atoms with Gasteiger partial charge in [-0.15, -0.1) is 0 Å². The van der Waals surface area contributed by atoms with Gasteiger partial charge in [-0.2, -0.15) is 0 Å². The molecule has 0 aliphatic carbocycles. The quantitative estimate of drug-likeness (QED) is 0.417. The Morgan fingerprint density at radius 3 is 2.64 bits per heavy atom. The van der Waals surface area contributed by atoms with Crippen LogP contribution in [-0.4, -0.2) is 57.5 Å². The molecule has 3 aromatic rings. The van der Waals surface area contributed by atoms with Crippen LogP contribution in [0.1, 0.15) is 37.6 Å². The predicted octanol–water partition coefficient (Wildman–Crippen LogP) is 3.12. The van der Waals surface area contributed by atoms with E-state index >= 15 is 0 Å². The molecule has 1 saturated heterocycles. The zero-order chi connectivity index (χ0) is 24.0. The molecule has 1 fully saturated rings. The Balaban J connectivity index is 1.75. The monoisotopic (exact) mass is 469 g/mol. The van der Waals surface area contributed by atoms with Gasteiger partial charge in [-0.05, 0) is 18.1 Å². The Kier molecular flexibility index (Phi) is 5.90. The zero-order valence-corrected chi connectivity index (χ0v) is 20.6. The standard InChI is InChI=1S/C23H31N5O4Si/c1-22(2,3)33(4,5)31-12-17-16(29)11-23(32-17,19(30)15-9-7-6-8-10-15)28-14-27-18-20(24)25-13-26-21(18)28/h6-10,13-14,16-17,29H,11-12H2,1-5H3,(H2,24,25,26)/t16-,17+,23-/m0/s1. The molecule has 1 aliphatic rings. The molecule has 10 heteroatoms. The fourth-order valence-electron chi connectivity index (χ4n) is 3.79. The molecule has 0 saturated carbocycles. The lowest BCUT2D eigenvalue weighted by Crippen LogP contribution is -2.45. The highest BCUT2D eigenvalue weighted by Gasteiger charge is 2.54. The van der Waals surface area contributed by atoms with Crippen molar-refractivity contribution in [2.75, 3.05) is 12.3 Å². The average molecular weight is 470 g/mol. The third kappa shape index (κ3) is 4.08. The summed E-state index contributed by atoms with van der Waals surface area (Å²) in [6.45, 7) is 10.9. The number of aliphatic hydroxyl groups excluding tert-OH is 1. The normalized spacial score (nSPS) is 23.8. The number of nitrogens with two attached hydrogens (primary N) is 1. The molecule has 0 unspecified atom stereocenters. The minimum atomic E-state index is -2.09. The van der Waals surface area contributed by atoms with Gasteiger partial charge < -0.3 is 20.0 Å². The first-order valence-electron chi connectivity index (χ1n) is 11.0. The van der Waals surface area contributed by atoms with E-state index in [4.69, 9.17) is 14.9 Å². The van der Waals surface area contributed by atoms with E-state index in [1.807, 2.05) is 6.07 Å². The molecule has 0 spiro atoms. The van der Waals surface area contributed by atoms with Gasteiger partial charge in [-0.25, -0.2) is 15.0 Å². The van der Waals surface area contributed by atoms with Crippen molar-refractivity contribution in [3.63, 3.8) is 0 Å². The Bertz CT molecular complexity index is 1160. The smallest absolute Gasteiger partial charge is 0.215 e. The average Bonchev–Trinajstić information content (AvgIpc) is 3.34. The molecule has 0 bridgehead atoms. The maximum atomic E-state index is 13.9. The lowest BCUT2D eigenvalue weighted by Gasteiger charge is -2.37. The van der Waals surface area contributed by atoms with Crippen LogP contribution in [0, 0.1) is 0 Å². The van der Waals surface area contributed by atoms with Gasteiger partial charge in [0.1, 0.15) is 17.9 Å². The number of fused-ring (bicyclic) bond motifs is 1. The van der Waals surface area contributed by atoms with E-state index in [0.717, 1.165) is 0 Å². The number of ether oxygens (including phenoxy) is 1. The molecule has 4 rings (SSSR count). The van der Waals surface area contributed by atoms with E-state index in [1.165, 1.54) is 12.7 Å². The minimum Gasteiger partial charge on any atom is -0.414 e. The number of carbonyl (C=O) groups excluding carboxylic acids is 1. The molecule has 9 nitrogen and oxygen atoms in total. The Hall–Kier alpha value is -2.66. The first-order valence-corrected chi connectivity index (χ1v) is 13.9. The maximum Gasteiger partial charge on any atom is 0.215 e. The van der Waals surface area contributed by atoms with Crippen LogP contribution in [-0.2, 0) is 14.9 Å². The van der Waals surface area contributed by atoms with E-state index in [9.17, 15) is 9.90 Å². The third-order valence-electron chi connectivity index (χ3n) is 6.82. The van der Waals surface area contributed by atoms with Crippen molar-refractivity contribution < 1.29 is 19.1 Å². The number of ketones is 1. The molecule has 1 aliphatic heterocycles. The fraction of sp³-hybridized carbons (Fsp3) is 0.478. The molecule has 0 amide bonds. The maximum absolute atomic E-state index is 13.9. The predicted molar refractivity (Wildman–Crippen MR) is 127 cm³/mol. The largest absolute Gasteiger partial charge is 0.414 e. The molecular weight excluding hydrogens is 438 g/mol. The van der Waals surface area contributed by atoms with Crippen LogP contribution in [0.4, 0.5) is 5.82 Å². The second-order valence-electron chi connectivity index (χ2n) is 10.0. The number of nitrogens with zero attached hydrogens (tertiary/aromatic N) is 4. The van der Waals surface area contributed by atoms with E-state index in [0.29, 0.717) is 16.7 Å². The van der Waals surface area contributed by atoms with E-state index in [1.54, 1.807) is 28.8 Å². The summed E-state index contributed by atoms with van der Waals surface area (Å²) in [5.74, 6) is -0.0918. The Morgan fingerprint density at radius 1 is 1.27 bits per heavy atom.